The number of nitro benzene ring substituents is 1. The average Bonchev–Trinajstić information content (AvgIpc) is 2.47. The quantitative estimate of drug-likeness (QED) is 0.475. The maximum atomic E-state index is 12.6. The van der Waals surface area contributed by atoms with Crippen LogP contribution in [0, 0.1) is 16.0 Å². The molecule has 0 atom stereocenters. The Morgan fingerprint density at radius 2 is 1.95 bits per heavy atom. The number of nitro groups is 1. The first-order valence-corrected chi connectivity index (χ1v) is 7.27. The molecule has 21 heavy (non-hydrogen) atoms. The van der Waals surface area contributed by atoms with Gasteiger partial charge in [0.2, 0.25) is 0 Å². The lowest BCUT2D eigenvalue weighted by molar-refractivity contribution is -0.385. The number of nitrogen functional groups attached to an aromatic ring is 1. The Morgan fingerprint density at radius 1 is 1.33 bits per heavy atom. The number of carbonyl (C=O) groups is 1. The Bertz CT molecular complexity index is 513. The van der Waals surface area contributed by atoms with Crippen LogP contribution in [0.1, 0.15) is 44.0 Å². The van der Waals surface area contributed by atoms with Crippen LogP contribution >= 0.6 is 0 Å². The molecule has 0 spiro atoms. The molecule has 0 saturated heterocycles. The molecule has 6 nitrogen and oxygen atoms in total. The van der Waals surface area contributed by atoms with E-state index < -0.39 is 4.92 Å². The van der Waals surface area contributed by atoms with Gasteiger partial charge in [0.05, 0.1) is 4.92 Å². The van der Waals surface area contributed by atoms with Gasteiger partial charge in [-0.15, -0.1) is 0 Å². The molecule has 1 aromatic carbocycles. The van der Waals surface area contributed by atoms with Gasteiger partial charge in [-0.25, -0.2) is 0 Å². The summed E-state index contributed by atoms with van der Waals surface area (Å²) < 4.78 is 0. The summed E-state index contributed by atoms with van der Waals surface area (Å²) in [5, 5.41) is 11.1. The molecule has 0 saturated carbocycles. The standard InChI is InChI=1S/C15H23N3O3/c1-4-11(5-2)10-17(6-3)15(19)13-9-12(16)7-8-14(13)18(20)21/h7-9,11H,4-6,10,16H2,1-3H3. The van der Waals surface area contributed by atoms with Crippen molar-refractivity contribution in [3.63, 3.8) is 0 Å². The highest BCUT2D eigenvalue weighted by atomic mass is 16.6. The van der Waals surface area contributed by atoms with Crippen LogP contribution in [0.5, 0.6) is 0 Å². The Kier molecular flexibility index (Phi) is 6.14. The van der Waals surface area contributed by atoms with Gasteiger partial charge in [0.25, 0.3) is 11.6 Å². The second-order valence-corrected chi connectivity index (χ2v) is 5.06. The minimum atomic E-state index is -0.544. The Hall–Kier alpha value is -2.11. The van der Waals surface area contributed by atoms with Crippen molar-refractivity contribution in [2.75, 3.05) is 18.8 Å². The number of carbonyl (C=O) groups excluding carboxylic acids is 1. The van der Waals surface area contributed by atoms with E-state index in [-0.39, 0.29) is 17.2 Å². The first-order valence-electron chi connectivity index (χ1n) is 7.27. The average molecular weight is 293 g/mol. The van der Waals surface area contributed by atoms with Gasteiger partial charge in [0.15, 0.2) is 0 Å². The number of hydrogen-bond donors (Lipinski definition) is 1. The zero-order chi connectivity index (χ0) is 16.0. The second kappa shape index (κ2) is 7.61. The fourth-order valence-corrected chi connectivity index (χ4v) is 2.27. The van der Waals surface area contributed by atoms with Crippen LogP contribution in [0.2, 0.25) is 0 Å². The molecule has 2 N–H and O–H groups in total. The number of rotatable bonds is 7. The molecule has 1 rings (SSSR count). The molecule has 0 aromatic heterocycles. The van der Waals surface area contributed by atoms with Crippen LogP contribution in [-0.2, 0) is 0 Å². The highest BCUT2D eigenvalue weighted by Crippen LogP contribution is 2.23. The zero-order valence-electron chi connectivity index (χ0n) is 12.8. The predicted octanol–water partition coefficient (Wildman–Crippen LogP) is 3.08. The van der Waals surface area contributed by atoms with Crippen molar-refractivity contribution in [1.82, 2.24) is 4.90 Å². The SMILES string of the molecule is CCC(CC)CN(CC)C(=O)c1cc(N)ccc1[N+](=O)[O-]. The van der Waals surface area contributed by atoms with Gasteiger partial charge in [-0.1, -0.05) is 26.7 Å². The van der Waals surface area contributed by atoms with Gasteiger partial charge < -0.3 is 10.6 Å². The fourth-order valence-electron chi connectivity index (χ4n) is 2.27. The maximum Gasteiger partial charge on any atom is 0.282 e. The van der Waals surface area contributed by atoms with E-state index in [4.69, 9.17) is 5.73 Å². The number of amides is 1. The van der Waals surface area contributed by atoms with Crippen LogP contribution < -0.4 is 5.73 Å². The van der Waals surface area contributed by atoms with E-state index in [9.17, 15) is 14.9 Å². The van der Waals surface area contributed by atoms with Crippen LogP contribution in [0.15, 0.2) is 18.2 Å². The van der Waals surface area contributed by atoms with Gasteiger partial charge >= 0.3 is 0 Å². The molecule has 116 valence electrons. The van der Waals surface area contributed by atoms with E-state index in [0.717, 1.165) is 12.8 Å². The Morgan fingerprint density at radius 3 is 2.43 bits per heavy atom. The summed E-state index contributed by atoms with van der Waals surface area (Å²) in [7, 11) is 0. The number of nitrogens with two attached hydrogens (primary N) is 1. The molecular weight excluding hydrogens is 270 g/mol. The lowest BCUT2D eigenvalue weighted by atomic mass is 10.0. The maximum absolute atomic E-state index is 12.6. The number of benzene rings is 1. The lowest BCUT2D eigenvalue weighted by Gasteiger charge is -2.25. The molecule has 1 aromatic rings. The Labute approximate surface area is 125 Å². The van der Waals surface area contributed by atoms with Gasteiger partial charge in [-0.2, -0.15) is 0 Å². The van der Waals surface area contributed by atoms with Crippen molar-refractivity contribution >= 4 is 17.3 Å². The number of anilines is 1. The van der Waals surface area contributed by atoms with Gasteiger partial charge in [0.1, 0.15) is 5.56 Å². The molecule has 0 aliphatic heterocycles. The third-order valence-corrected chi connectivity index (χ3v) is 3.75. The second-order valence-electron chi connectivity index (χ2n) is 5.06. The molecule has 0 fully saturated rings. The van der Waals surface area contributed by atoms with Crippen LogP contribution in [-0.4, -0.2) is 28.8 Å². The van der Waals surface area contributed by atoms with E-state index in [2.05, 4.69) is 13.8 Å². The summed E-state index contributed by atoms with van der Waals surface area (Å²) >= 11 is 0. The molecule has 0 aliphatic carbocycles. The van der Waals surface area contributed by atoms with E-state index >= 15 is 0 Å². The fraction of sp³-hybridized carbons (Fsp3) is 0.533. The first-order chi connectivity index (χ1) is 9.94. The summed E-state index contributed by atoms with van der Waals surface area (Å²) in [5.74, 6) is 0.0671. The van der Waals surface area contributed by atoms with Gasteiger partial charge in [0, 0.05) is 24.8 Å². The smallest absolute Gasteiger partial charge is 0.282 e. The number of hydrogen-bond acceptors (Lipinski definition) is 4. The predicted molar refractivity (Wildman–Crippen MR) is 83.2 cm³/mol. The van der Waals surface area contributed by atoms with Gasteiger partial charge in [-0.3, -0.25) is 14.9 Å². The summed E-state index contributed by atoms with van der Waals surface area (Å²) in [6.07, 6.45) is 1.94. The minimum absolute atomic E-state index is 0.0628. The van der Waals surface area contributed by atoms with E-state index in [1.54, 1.807) is 4.90 Å². The van der Waals surface area contributed by atoms with E-state index in [1.807, 2.05) is 6.92 Å². The van der Waals surface area contributed by atoms with Crippen molar-refractivity contribution in [1.29, 1.82) is 0 Å². The normalized spacial score (nSPS) is 10.7. The third kappa shape index (κ3) is 4.18. The number of nitrogens with zero attached hydrogens (tertiary/aromatic N) is 2. The summed E-state index contributed by atoms with van der Waals surface area (Å²) in [6, 6.07) is 4.11. The Balaban J connectivity index is 3.10. The van der Waals surface area contributed by atoms with Crippen molar-refractivity contribution in [2.45, 2.75) is 33.6 Å². The molecule has 0 radical (unpaired) electrons. The van der Waals surface area contributed by atoms with Crippen LogP contribution in [0.25, 0.3) is 0 Å². The molecular formula is C15H23N3O3. The van der Waals surface area contributed by atoms with Gasteiger partial charge in [-0.05, 0) is 25.0 Å². The molecule has 0 unspecified atom stereocenters. The van der Waals surface area contributed by atoms with Crippen LogP contribution in [0.4, 0.5) is 11.4 Å². The first kappa shape index (κ1) is 16.9. The van der Waals surface area contributed by atoms with Crippen molar-refractivity contribution in [3.05, 3.63) is 33.9 Å². The molecule has 0 bridgehead atoms. The third-order valence-electron chi connectivity index (χ3n) is 3.75. The molecule has 6 heteroatoms. The van der Waals surface area contributed by atoms with E-state index in [0.29, 0.717) is 24.7 Å². The minimum Gasteiger partial charge on any atom is -0.399 e. The summed E-state index contributed by atoms with van der Waals surface area (Å²) in [4.78, 5) is 24.8. The monoisotopic (exact) mass is 293 g/mol. The topological polar surface area (TPSA) is 89.5 Å². The highest BCUT2D eigenvalue weighted by molar-refractivity contribution is 5.99. The zero-order valence-corrected chi connectivity index (χ0v) is 12.8. The van der Waals surface area contributed by atoms with Crippen molar-refractivity contribution in [3.8, 4) is 0 Å². The van der Waals surface area contributed by atoms with Crippen LogP contribution in [0.3, 0.4) is 0 Å². The summed E-state index contributed by atoms with van der Waals surface area (Å²) in [5.41, 5.74) is 5.88. The molecule has 0 heterocycles. The molecule has 1 amide bonds. The summed E-state index contributed by atoms with van der Waals surface area (Å²) in [6.45, 7) is 7.15. The largest absolute Gasteiger partial charge is 0.399 e. The van der Waals surface area contributed by atoms with Crippen molar-refractivity contribution in [2.24, 2.45) is 5.92 Å². The lowest BCUT2D eigenvalue weighted by Crippen LogP contribution is -2.35. The highest BCUT2D eigenvalue weighted by Gasteiger charge is 2.25. The van der Waals surface area contributed by atoms with Crippen molar-refractivity contribution < 1.29 is 9.72 Å². The molecule has 0 aliphatic rings. The van der Waals surface area contributed by atoms with E-state index in [1.165, 1.54) is 18.2 Å².